The molecule has 0 saturated heterocycles. The van der Waals surface area contributed by atoms with E-state index in [0.29, 0.717) is 12.5 Å². The van der Waals surface area contributed by atoms with Crippen molar-refractivity contribution in [3.8, 4) is 0 Å². The van der Waals surface area contributed by atoms with Crippen LogP contribution in [0.15, 0.2) is 27.6 Å². The highest BCUT2D eigenvalue weighted by molar-refractivity contribution is 9.10. The van der Waals surface area contributed by atoms with E-state index >= 15 is 0 Å². The summed E-state index contributed by atoms with van der Waals surface area (Å²) >= 11 is 3.09. The summed E-state index contributed by atoms with van der Waals surface area (Å²) < 4.78 is 40.1. The highest BCUT2D eigenvalue weighted by Crippen LogP contribution is 2.26. The summed E-state index contributed by atoms with van der Waals surface area (Å²) in [4.78, 5) is 0.0857. The van der Waals surface area contributed by atoms with Crippen molar-refractivity contribution in [2.45, 2.75) is 43.4 Å². The van der Waals surface area contributed by atoms with E-state index in [1.165, 1.54) is 38.2 Å². The van der Waals surface area contributed by atoms with E-state index in [-0.39, 0.29) is 9.37 Å². The highest BCUT2D eigenvalue weighted by atomic mass is 79.9. The Morgan fingerprint density at radius 3 is 2.60 bits per heavy atom. The van der Waals surface area contributed by atoms with Crippen LogP contribution >= 0.6 is 15.9 Å². The zero-order valence-electron chi connectivity index (χ0n) is 11.2. The lowest BCUT2D eigenvalue weighted by Gasteiger charge is -2.21. The number of benzene rings is 1. The third-order valence-electron chi connectivity index (χ3n) is 3.75. The summed E-state index contributed by atoms with van der Waals surface area (Å²) in [5, 5.41) is 0. The van der Waals surface area contributed by atoms with Crippen LogP contribution in [0.3, 0.4) is 0 Å². The second-order valence-corrected chi connectivity index (χ2v) is 7.85. The topological polar surface area (TPSA) is 46.2 Å². The summed E-state index contributed by atoms with van der Waals surface area (Å²) in [5.74, 6) is 0.168. The molecule has 6 heteroatoms. The van der Waals surface area contributed by atoms with E-state index in [2.05, 4.69) is 20.7 Å². The fraction of sp³-hybridized carbons (Fsp3) is 0.571. The lowest BCUT2D eigenvalue weighted by Crippen LogP contribution is -2.27. The molecule has 0 aromatic heterocycles. The molecule has 0 unspecified atom stereocenters. The third kappa shape index (κ3) is 4.27. The van der Waals surface area contributed by atoms with Crippen LogP contribution in [-0.4, -0.2) is 15.0 Å². The molecular formula is C14H19BrFNO2S. The van der Waals surface area contributed by atoms with Crippen molar-refractivity contribution in [2.24, 2.45) is 5.92 Å². The molecule has 0 radical (unpaired) electrons. The quantitative estimate of drug-likeness (QED) is 0.863. The minimum atomic E-state index is -3.57. The molecule has 0 bridgehead atoms. The summed E-state index contributed by atoms with van der Waals surface area (Å²) in [6, 6.07) is 3.60. The first-order valence-electron chi connectivity index (χ1n) is 6.94. The van der Waals surface area contributed by atoms with E-state index in [0.717, 1.165) is 18.6 Å². The van der Waals surface area contributed by atoms with Crippen LogP contribution in [0, 0.1) is 11.7 Å². The summed E-state index contributed by atoms with van der Waals surface area (Å²) in [6.45, 7) is 0.441. The number of halogens is 2. The van der Waals surface area contributed by atoms with Gasteiger partial charge in [0.15, 0.2) is 0 Å². The molecule has 2 rings (SSSR count). The van der Waals surface area contributed by atoms with E-state index in [9.17, 15) is 12.8 Å². The van der Waals surface area contributed by atoms with Crippen molar-refractivity contribution in [2.75, 3.05) is 6.54 Å². The smallest absolute Gasteiger partial charge is 0.211 e. The number of hydrogen-bond donors (Lipinski definition) is 1. The lowest BCUT2D eigenvalue weighted by molar-refractivity contribution is 0.339. The molecule has 1 fully saturated rings. The summed E-state index contributed by atoms with van der Waals surface area (Å²) in [6.07, 6.45) is 7.06. The number of sulfonamides is 1. The average Bonchev–Trinajstić information content (AvgIpc) is 2.39. The van der Waals surface area contributed by atoms with Crippen molar-refractivity contribution >= 4 is 26.0 Å². The largest absolute Gasteiger partial charge is 0.241 e. The molecular weight excluding hydrogens is 345 g/mol. The van der Waals surface area contributed by atoms with E-state index in [1.807, 2.05) is 0 Å². The van der Waals surface area contributed by atoms with Gasteiger partial charge in [-0.05, 0) is 46.5 Å². The van der Waals surface area contributed by atoms with E-state index in [1.54, 1.807) is 0 Å². The normalized spacial score (nSPS) is 17.3. The van der Waals surface area contributed by atoms with Gasteiger partial charge in [0.05, 0.1) is 4.90 Å². The summed E-state index contributed by atoms with van der Waals surface area (Å²) in [7, 11) is -3.57. The monoisotopic (exact) mass is 363 g/mol. The molecule has 0 aliphatic heterocycles. The minimum Gasteiger partial charge on any atom is -0.211 e. The maximum absolute atomic E-state index is 13.0. The van der Waals surface area contributed by atoms with Gasteiger partial charge < -0.3 is 0 Å². The van der Waals surface area contributed by atoms with Gasteiger partial charge in [-0.25, -0.2) is 17.5 Å². The molecule has 1 aliphatic carbocycles. The SMILES string of the molecule is O=S(=O)(NCCC1CCCCC1)c1ccc(F)cc1Br. The van der Waals surface area contributed by atoms with Crippen LogP contribution in [0.2, 0.25) is 0 Å². The standard InChI is InChI=1S/C14H19BrFNO2S/c15-13-10-12(16)6-7-14(13)20(18,19)17-9-8-11-4-2-1-3-5-11/h6-7,10-11,17H,1-5,8-9H2. The fourth-order valence-corrected chi connectivity index (χ4v) is 4.74. The Hall–Kier alpha value is -0.460. The zero-order chi connectivity index (χ0) is 14.6. The Morgan fingerprint density at radius 1 is 1.25 bits per heavy atom. The summed E-state index contributed by atoms with van der Waals surface area (Å²) in [5.41, 5.74) is 0. The maximum Gasteiger partial charge on any atom is 0.241 e. The van der Waals surface area contributed by atoms with Crippen molar-refractivity contribution in [1.82, 2.24) is 4.72 Å². The van der Waals surface area contributed by atoms with Crippen LogP contribution in [0.5, 0.6) is 0 Å². The fourth-order valence-electron chi connectivity index (χ4n) is 2.64. The minimum absolute atomic E-state index is 0.0857. The van der Waals surface area contributed by atoms with Gasteiger partial charge in [-0.3, -0.25) is 0 Å². The molecule has 3 nitrogen and oxygen atoms in total. The van der Waals surface area contributed by atoms with Gasteiger partial charge in [0, 0.05) is 11.0 Å². The van der Waals surface area contributed by atoms with Crippen LogP contribution in [-0.2, 0) is 10.0 Å². The molecule has 1 N–H and O–H groups in total. The first-order chi connectivity index (χ1) is 9.49. The van der Waals surface area contributed by atoms with E-state index < -0.39 is 15.8 Å². The predicted octanol–water partition coefficient (Wildman–Crippen LogP) is 3.84. The van der Waals surface area contributed by atoms with E-state index in [4.69, 9.17) is 0 Å². The third-order valence-corrected chi connectivity index (χ3v) is 6.19. The molecule has 0 heterocycles. The van der Waals surface area contributed by atoms with Gasteiger partial charge in [-0.2, -0.15) is 0 Å². The molecule has 1 aromatic carbocycles. The number of nitrogens with one attached hydrogen (secondary N) is 1. The second kappa shape index (κ2) is 7.00. The molecule has 1 aromatic rings. The molecule has 0 atom stereocenters. The Morgan fingerprint density at radius 2 is 1.95 bits per heavy atom. The van der Waals surface area contributed by atoms with Gasteiger partial charge in [-0.1, -0.05) is 32.1 Å². The van der Waals surface area contributed by atoms with Crippen molar-refractivity contribution < 1.29 is 12.8 Å². The average molecular weight is 364 g/mol. The van der Waals surface area contributed by atoms with Crippen molar-refractivity contribution in [3.63, 3.8) is 0 Å². The molecule has 1 saturated carbocycles. The van der Waals surface area contributed by atoms with Gasteiger partial charge in [0.2, 0.25) is 10.0 Å². The first-order valence-corrected chi connectivity index (χ1v) is 9.21. The molecule has 0 amide bonds. The second-order valence-electron chi connectivity index (χ2n) is 5.27. The van der Waals surface area contributed by atoms with Gasteiger partial charge in [0.1, 0.15) is 5.82 Å². The predicted molar refractivity (Wildman–Crippen MR) is 80.5 cm³/mol. The lowest BCUT2D eigenvalue weighted by atomic mass is 9.87. The Balaban J connectivity index is 1.93. The van der Waals surface area contributed by atoms with Crippen LogP contribution in [0.1, 0.15) is 38.5 Å². The van der Waals surface area contributed by atoms with Crippen LogP contribution in [0.4, 0.5) is 4.39 Å². The molecule has 1 aliphatic rings. The van der Waals surface area contributed by atoms with Crippen LogP contribution in [0.25, 0.3) is 0 Å². The maximum atomic E-state index is 13.0. The first kappa shape index (κ1) is 15.9. The van der Waals surface area contributed by atoms with Crippen molar-refractivity contribution in [3.05, 3.63) is 28.5 Å². The number of hydrogen-bond acceptors (Lipinski definition) is 2. The Kier molecular flexibility index (Phi) is 5.57. The van der Waals surface area contributed by atoms with Crippen LogP contribution < -0.4 is 4.72 Å². The van der Waals surface area contributed by atoms with Gasteiger partial charge in [0.25, 0.3) is 0 Å². The van der Waals surface area contributed by atoms with Crippen molar-refractivity contribution in [1.29, 1.82) is 0 Å². The Labute approximate surface area is 128 Å². The number of rotatable bonds is 5. The van der Waals surface area contributed by atoms with Gasteiger partial charge >= 0.3 is 0 Å². The Bertz CT molecular complexity index is 556. The molecule has 0 spiro atoms. The highest BCUT2D eigenvalue weighted by Gasteiger charge is 2.19. The molecule has 112 valence electrons. The van der Waals surface area contributed by atoms with Gasteiger partial charge in [-0.15, -0.1) is 0 Å². The zero-order valence-corrected chi connectivity index (χ0v) is 13.6. The molecule has 20 heavy (non-hydrogen) atoms.